The van der Waals surface area contributed by atoms with Gasteiger partial charge < -0.3 is 15.4 Å². The van der Waals surface area contributed by atoms with Gasteiger partial charge >= 0.3 is 0 Å². The lowest BCUT2D eigenvalue weighted by Crippen LogP contribution is -2.11. The van der Waals surface area contributed by atoms with Crippen LogP contribution in [0.4, 0.5) is 16.5 Å². The maximum Gasteiger partial charge on any atom is 0.267 e. The molecule has 0 aliphatic rings. The lowest BCUT2D eigenvalue weighted by molar-refractivity contribution is 0.103. The highest BCUT2D eigenvalue weighted by Gasteiger charge is 2.16. The number of methoxy groups -OCH3 is 1. The van der Waals surface area contributed by atoms with Gasteiger partial charge in [0.25, 0.3) is 5.91 Å². The van der Waals surface area contributed by atoms with Crippen LogP contribution in [-0.2, 0) is 0 Å². The van der Waals surface area contributed by atoms with E-state index in [1.54, 1.807) is 7.11 Å². The Morgan fingerprint density at radius 1 is 1.08 bits per heavy atom. The first-order valence-electron chi connectivity index (χ1n) is 7.82. The van der Waals surface area contributed by atoms with Gasteiger partial charge in [-0.1, -0.05) is 41.2 Å². The van der Waals surface area contributed by atoms with Crippen LogP contribution in [0, 0.1) is 13.8 Å². The molecule has 0 saturated heterocycles. The maximum atomic E-state index is 12.5. The van der Waals surface area contributed by atoms with E-state index in [9.17, 15) is 4.79 Å². The Morgan fingerprint density at radius 2 is 1.80 bits per heavy atom. The smallest absolute Gasteiger partial charge is 0.267 e. The molecule has 1 aromatic heterocycles. The van der Waals surface area contributed by atoms with Crippen molar-refractivity contribution in [1.82, 2.24) is 4.98 Å². The highest BCUT2D eigenvalue weighted by molar-refractivity contribution is 7.17. The average Bonchev–Trinajstić information content (AvgIpc) is 2.98. The SMILES string of the molecule is COc1ccccc1Nc1nc(C)c(C(=O)Nc2ccc(C)cc2)s1. The second kappa shape index (κ2) is 7.36. The first-order chi connectivity index (χ1) is 12.1. The third kappa shape index (κ3) is 3.97. The molecule has 25 heavy (non-hydrogen) atoms. The van der Waals surface area contributed by atoms with Crippen LogP contribution in [0.3, 0.4) is 0 Å². The molecule has 2 N–H and O–H groups in total. The minimum atomic E-state index is -0.160. The molecule has 3 rings (SSSR count). The summed E-state index contributed by atoms with van der Waals surface area (Å²) in [5.74, 6) is 0.563. The number of benzene rings is 2. The number of carbonyl (C=O) groups is 1. The average molecular weight is 353 g/mol. The monoisotopic (exact) mass is 353 g/mol. The van der Waals surface area contributed by atoms with Crippen molar-refractivity contribution in [3.05, 3.63) is 64.7 Å². The third-order valence-electron chi connectivity index (χ3n) is 3.66. The lowest BCUT2D eigenvalue weighted by atomic mass is 10.2. The Hall–Kier alpha value is -2.86. The van der Waals surface area contributed by atoms with Gasteiger partial charge in [-0.2, -0.15) is 0 Å². The summed E-state index contributed by atoms with van der Waals surface area (Å²) in [6.45, 7) is 3.84. The number of nitrogens with one attached hydrogen (secondary N) is 2. The van der Waals surface area contributed by atoms with Gasteiger partial charge in [-0.3, -0.25) is 4.79 Å². The van der Waals surface area contributed by atoms with Crippen molar-refractivity contribution >= 4 is 33.8 Å². The Kier molecular flexibility index (Phi) is 5.00. The molecule has 0 atom stereocenters. The number of aromatic nitrogens is 1. The number of carbonyl (C=O) groups excluding carboxylic acids is 1. The Balaban J connectivity index is 1.77. The largest absolute Gasteiger partial charge is 0.495 e. The molecule has 0 spiro atoms. The Bertz CT molecular complexity index is 888. The van der Waals surface area contributed by atoms with Crippen LogP contribution in [0.1, 0.15) is 20.9 Å². The first kappa shape index (κ1) is 17.0. The predicted octanol–water partition coefficient (Wildman–Crippen LogP) is 4.76. The van der Waals surface area contributed by atoms with E-state index in [2.05, 4.69) is 15.6 Å². The molecule has 6 heteroatoms. The molecular weight excluding hydrogens is 334 g/mol. The highest BCUT2D eigenvalue weighted by Crippen LogP contribution is 2.31. The molecule has 0 radical (unpaired) electrons. The van der Waals surface area contributed by atoms with E-state index in [1.165, 1.54) is 11.3 Å². The number of hydrogen-bond acceptors (Lipinski definition) is 5. The highest BCUT2D eigenvalue weighted by atomic mass is 32.1. The normalized spacial score (nSPS) is 10.4. The van der Waals surface area contributed by atoms with Gasteiger partial charge in [0.15, 0.2) is 5.13 Å². The quantitative estimate of drug-likeness (QED) is 0.694. The Labute approximate surface area is 150 Å². The fourth-order valence-electron chi connectivity index (χ4n) is 2.35. The number of hydrogen-bond donors (Lipinski definition) is 2. The second-order valence-corrected chi connectivity index (χ2v) is 6.58. The van der Waals surface area contributed by atoms with E-state index < -0.39 is 0 Å². The molecule has 128 valence electrons. The summed E-state index contributed by atoms with van der Waals surface area (Å²) in [4.78, 5) is 17.5. The molecule has 0 saturated carbocycles. The Morgan fingerprint density at radius 3 is 2.52 bits per heavy atom. The molecule has 0 aliphatic heterocycles. The van der Waals surface area contributed by atoms with Gasteiger partial charge in [0.1, 0.15) is 10.6 Å². The topological polar surface area (TPSA) is 63.2 Å². The number of para-hydroxylation sites is 2. The fraction of sp³-hybridized carbons (Fsp3) is 0.158. The van der Waals surface area contributed by atoms with Crippen molar-refractivity contribution in [3.63, 3.8) is 0 Å². The zero-order valence-electron chi connectivity index (χ0n) is 14.3. The summed E-state index contributed by atoms with van der Waals surface area (Å²) in [5, 5.41) is 6.77. The van der Waals surface area contributed by atoms with Crippen LogP contribution in [0.25, 0.3) is 0 Å². The number of rotatable bonds is 5. The van der Waals surface area contributed by atoms with Gasteiger partial charge in [0, 0.05) is 5.69 Å². The van der Waals surface area contributed by atoms with Gasteiger partial charge in [-0.25, -0.2) is 4.98 Å². The minimum Gasteiger partial charge on any atom is -0.495 e. The molecule has 1 amide bonds. The van der Waals surface area contributed by atoms with Crippen molar-refractivity contribution in [2.45, 2.75) is 13.8 Å². The zero-order chi connectivity index (χ0) is 17.8. The van der Waals surface area contributed by atoms with Crippen LogP contribution in [-0.4, -0.2) is 18.0 Å². The van der Waals surface area contributed by atoms with Crippen molar-refractivity contribution in [2.75, 3.05) is 17.7 Å². The van der Waals surface area contributed by atoms with E-state index in [1.807, 2.05) is 62.4 Å². The van der Waals surface area contributed by atoms with Gasteiger partial charge in [0.05, 0.1) is 18.5 Å². The molecule has 2 aromatic carbocycles. The van der Waals surface area contributed by atoms with Gasteiger partial charge in [-0.15, -0.1) is 0 Å². The molecule has 5 nitrogen and oxygen atoms in total. The maximum absolute atomic E-state index is 12.5. The summed E-state index contributed by atoms with van der Waals surface area (Å²) in [5.41, 5.74) is 3.41. The summed E-state index contributed by atoms with van der Waals surface area (Å²) in [6, 6.07) is 15.3. The molecule has 0 aliphatic carbocycles. The van der Waals surface area contributed by atoms with Crippen molar-refractivity contribution in [3.8, 4) is 5.75 Å². The van der Waals surface area contributed by atoms with Crippen LogP contribution in [0.5, 0.6) is 5.75 Å². The number of nitrogens with zero attached hydrogens (tertiary/aromatic N) is 1. The van der Waals surface area contributed by atoms with E-state index in [0.717, 1.165) is 22.7 Å². The molecule has 0 unspecified atom stereocenters. The fourth-order valence-corrected chi connectivity index (χ4v) is 3.22. The number of ether oxygens (including phenoxy) is 1. The standard InChI is InChI=1S/C19H19N3O2S/c1-12-8-10-14(11-9-12)21-18(23)17-13(2)20-19(25-17)22-15-6-4-5-7-16(15)24-3/h4-11H,1-3H3,(H,20,22)(H,21,23). The van der Waals surface area contributed by atoms with Crippen LogP contribution in [0.15, 0.2) is 48.5 Å². The van der Waals surface area contributed by atoms with E-state index in [-0.39, 0.29) is 5.91 Å². The molecule has 0 fully saturated rings. The molecular formula is C19H19N3O2S. The summed E-state index contributed by atoms with van der Waals surface area (Å²) in [7, 11) is 1.62. The van der Waals surface area contributed by atoms with Crippen LogP contribution >= 0.6 is 11.3 Å². The summed E-state index contributed by atoms with van der Waals surface area (Å²) >= 11 is 1.31. The summed E-state index contributed by atoms with van der Waals surface area (Å²) in [6.07, 6.45) is 0. The first-order valence-corrected chi connectivity index (χ1v) is 8.64. The molecule has 1 heterocycles. The second-order valence-electron chi connectivity index (χ2n) is 5.58. The van der Waals surface area contributed by atoms with Gasteiger partial charge in [-0.05, 0) is 38.1 Å². The van der Waals surface area contributed by atoms with Crippen LogP contribution < -0.4 is 15.4 Å². The van der Waals surface area contributed by atoms with Gasteiger partial charge in [0.2, 0.25) is 0 Å². The van der Waals surface area contributed by atoms with Crippen molar-refractivity contribution in [2.24, 2.45) is 0 Å². The number of amides is 1. The van der Waals surface area contributed by atoms with E-state index >= 15 is 0 Å². The van der Waals surface area contributed by atoms with E-state index in [4.69, 9.17) is 4.74 Å². The zero-order valence-corrected chi connectivity index (χ0v) is 15.1. The number of thiazole rings is 1. The molecule has 3 aromatic rings. The lowest BCUT2D eigenvalue weighted by Gasteiger charge is -2.08. The van der Waals surface area contributed by atoms with E-state index in [0.29, 0.717) is 15.7 Å². The predicted molar refractivity (Wildman–Crippen MR) is 102 cm³/mol. The molecule has 0 bridgehead atoms. The van der Waals surface area contributed by atoms with Crippen LogP contribution in [0.2, 0.25) is 0 Å². The summed E-state index contributed by atoms with van der Waals surface area (Å²) < 4.78 is 5.33. The number of anilines is 3. The van der Waals surface area contributed by atoms with Crippen molar-refractivity contribution in [1.29, 1.82) is 0 Å². The number of aryl methyl sites for hydroxylation is 2. The third-order valence-corrected chi connectivity index (χ3v) is 4.73. The van der Waals surface area contributed by atoms with Crippen molar-refractivity contribution < 1.29 is 9.53 Å². The minimum absolute atomic E-state index is 0.160.